The van der Waals surface area contributed by atoms with Gasteiger partial charge >= 0.3 is 11.9 Å². The molecule has 0 spiro atoms. The SMILES string of the molecule is O=C(OC(=O)c1cc(Cl)c(Cl)c(Cl)c1Cl)c1cc(Cl)c(Cl)c(Cl)c1Cl. The van der Waals surface area contributed by atoms with Crippen molar-refractivity contribution in [1.29, 1.82) is 0 Å². The zero-order chi connectivity index (χ0) is 19.0. The molecule has 2 aromatic carbocycles. The van der Waals surface area contributed by atoms with Crippen molar-refractivity contribution >= 4 is 105 Å². The van der Waals surface area contributed by atoms with Crippen LogP contribution in [0.5, 0.6) is 0 Å². The topological polar surface area (TPSA) is 43.4 Å². The van der Waals surface area contributed by atoms with Gasteiger partial charge in [0.2, 0.25) is 0 Å². The number of rotatable bonds is 2. The van der Waals surface area contributed by atoms with E-state index in [0.717, 1.165) is 12.1 Å². The van der Waals surface area contributed by atoms with Crippen LogP contribution in [0, 0.1) is 0 Å². The fraction of sp³-hybridized carbons (Fsp3) is 0. The first-order valence-corrected chi connectivity index (χ1v) is 9.01. The second kappa shape index (κ2) is 8.28. The molecule has 0 amide bonds. The van der Waals surface area contributed by atoms with Crippen LogP contribution >= 0.6 is 92.8 Å². The van der Waals surface area contributed by atoms with E-state index in [9.17, 15) is 9.59 Å². The van der Waals surface area contributed by atoms with Crippen molar-refractivity contribution in [2.75, 3.05) is 0 Å². The van der Waals surface area contributed by atoms with E-state index in [0.29, 0.717) is 0 Å². The zero-order valence-corrected chi connectivity index (χ0v) is 17.5. The Morgan fingerprint density at radius 1 is 0.560 bits per heavy atom. The normalized spacial score (nSPS) is 10.7. The summed E-state index contributed by atoms with van der Waals surface area (Å²) in [5.74, 6) is -2.26. The molecule has 132 valence electrons. The van der Waals surface area contributed by atoms with E-state index in [1.807, 2.05) is 0 Å². The minimum atomic E-state index is -1.13. The number of esters is 2. The first-order chi connectivity index (χ1) is 11.6. The molecule has 0 saturated heterocycles. The Kier molecular flexibility index (Phi) is 7.02. The Morgan fingerprint density at radius 2 is 0.880 bits per heavy atom. The molecular weight excluding hydrogens is 500 g/mol. The van der Waals surface area contributed by atoms with Gasteiger partial charge in [-0.1, -0.05) is 92.8 Å². The number of hydrogen-bond acceptors (Lipinski definition) is 3. The Bertz CT molecular complexity index is 836. The summed E-state index contributed by atoms with van der Waals surface area (Å²) in [6, 6.07) is 2.22. The van der Waals surface area contributed by atoms with E-state index in [1.165, 1.54) is 0 Å². The quantitative estimate of drug-likeness (QED) is 0.182. The fourth-order valence-corrected chi connectivity index (χ4v) is 3.40. The lowest BCUT2D eigenvalue weighted by atomic mass is 10.2. The Hall–Kier alpha value is -0.1000. The van der Waals surface area contributed by atoms with E-state index < -0.39 is 11.9 Å². The molecule has 0 radical (unpaired) electrons. The lowest BCUT2D eigenvalue weighted by Crippen LogP contribution is -2.14. The Balaban J connectivity index is 2.39. The summed E-state index contributed by atoms with van der Waals surface area (Å²) in [5, 5.41) is -0.973. The molecule has 3 nitrogen and oxygen atoms in total. The molecule has 0 aliphatic heterocycles. The lowest BCUT2D eigenvalue weighted by Gasteiger charge is -2.10. The molecule has 0 saturated carbocycles. The van der Waals surface area contributed by atoms with Gasteiger partial charge in [0.25, 0.3) is 0 Å². The van der Waals surface area contributed by atoms with Gasteiger partial charge in [0.1, 0.15) is 0 Å². The van der Waals surface area contributed by atoms with Crippen LogP contribution in [0.1, 0.15) is 20.7 Å². The maximum Gasteiger partial charge on any atom is 0.347 e. The summed E-state index contributed by atoms with van der Waals surface area (Å²) in [7, 11) is 0. The fourth-order valence-electron chi connectivity index (χ4n) is 1.64. The van der Waals surface area contributed by atoms with Crippen molar-refractivity contribution in [2.24, 2.45) is 0 Å². The minimum Gasteiger partial charge on any atom is -0.386 e. The molecule has 0 aliphatic carbocycles. The van der Waals surface area contributed by atoms with Gasteiger partial charge in [-0.05, 0) is 12.1 Å². The number of carbonyl (C=O) groups is 2. The smallest absolute Gasteiger partial charge is 0.347 e. The van der Waals surface area contributed by atoms with E-state index in [-0.39, 0.29) is 51.3 Å². The summed E-state index contributed by atoms with van der Waals surface area (Å²) in [6.07, 6.45) is 0. The Morgan fingerprint density at radius 3 is 1.20 bits per heavy atom. The van der Waals surface area contributed by atoms with Gasteiger partial charge in [-0.3, -0.25) is 0 Å². The molecule has 0 N–H and O–H groups in total. The third-order valence-corrected chi connectivity index (χ3v) is 6.33. The molecule has 2 rings (SSSR count). The molecule has 0 fully saturated rings. The second-order valence-electron chi connectivity index (χ2n) is 4.37. The van der Waals surface area contributed by atoms with Gasteiger partial charge in [0, 0.05) is 0 Å². The number of carbonyl (C=O) groups excluding carboxylic acids is 2. The van der Waals surface area contributed by atoms with Crippen LogP contribution in [0.25, 0.3) is 0 Å². The van der Waals surface area contributed by atoms with Crippen molar-refractivity contribution in [3.8, 4) is 0 Å². The van der Waals surface area contributed by atoms with Crippen molar-refractivity contribution in [2.45, 2.75) is 0 Å². The van der Waals surface area contributed by atoms with Crippen LogP contribution in [0.2, 0.25) is 40.2 Å². The Labute approximate surface area is 181 Å². The lowest BCUT2D eigenvalue weighted by molar-refractivity contribution is 0.0398. The number of hydrogen-bond donors (Lipinski definition) is 0. The third kappa shape index (κ3) is 4.26. The number of halogens is 8. The van der Waals surface area contributed by atoms with Gasteiger partial charge in [-0.15, -0.1) is 0 Å². The minimum absolute atomic E-state index is 0.0458. The second-order valence-corrected chi connectivity index (χ2v) is 7.45. The molecule has 0 aliphatic rings. The molecule has 2 aromatic rings. The number of ether oxygens (including phenoxy) is 1. The maximum atomic E-state index is 12.2. The molecule has 0 bridgehead atoms. The van der Waals surface area contributed by atoms with Gasteiger partial charge in [-0.25, -0.2) is 9.59 Å². The predicted octanol–water partition coefficient (Wildman–Crippen LogP) is 7.91. The van der Waals surface area contributed by atoms with Gasteiger partial charge < -0.3 is 4.74 Å². The first-order valence-electron chi connectivity index (χ1n) is 5.98. The molecule has 25 heavy (non-hydrogen) atoms. The molecule has 0 atom stereocenters. The maximum absolute atomic E-state index is 12.2. The highest BCUT2D eigenvalue weighted by molar-refractivity contribution is 6.53. The van der Waals surface area contributed by atoms with Crippen LogP contribution in [0.15, 0.2) is 12.1 Å². The molecular formula is C14H2Cl8O3. The van der Waals surface area contributed by atoms with Crippen molar-refractivity contribution < 1.29 is 14.3 Å². The summed E-state index contributed by atoms with van der Waals surface area (Å²) < 4.78 is 4.72. The van der Waals surface area contributed by atoms with Crippen molar-refractivity contribution in [3.63, 3.8) is 0 Å². The van der Waals surface area contributed by atoms with Crippen LogP contribution < -0.4 is 0 Å². The van der Waals surface area contributed by atoms with Crippen LogP contribution in [-0.2, 0) is 4.74 Å². The highest BCUT2D eigenvalue weighted by Crippen LogP contribution is 2.40. The summed E-state index contributed by atoms with van der Waals surface area (Å²) in [5.41, 5.74) is -0.534. The standard InChI is InChI=1S/C14H2Cl8O3/c15-5-1-3(7(17)11(21)9(5)19)13(23)25-14(24)4-2-6(16)10(20)12(22)8(4)18/h1-2H. The molecule has 0 aromatic heterocycles. The number of benzene rings is 2. The van der Waals surface area contributed by atoms with Gasteiger partial charge in [-0.2, -0.15) is 0 Å². The molecule has 0 heterocycles. The monoisotopic (exact) mass is 498 g/mol. The van der Waals surface area contributed by atoms with E-state index in [2.05, 4.69) is 0 Å². The highest BCUT2D eigenvalue weighted by atomic mass is 35.5. The summed E-state index contributed by atoms with van der Waals surface area (Å²) >= 11 is 46.8. The zero-order valence-electron chi connectivity index (χ0n) is 11.4. The largest absolute Gasteiger partial charge is 0.386 e. The van der Waals surface area contributed by atoms with Crippen LogP contribution in [0.4, 0.5) is 0 Å². The van der Waals surface area contributed by atoms with Gasteiger partial charge in [0.05, 0.1) is 51.3 Å². The summed E-state index contributed by atoms with van der Waals surface area (Å²) in [4.78, 5) is 24.4. The summed E-state index contributed by atoms with van der Waals surface area (Å²) in [6.45, 7) is 0. The average Bonchev–Trinajstić information content (AvgIpc) is 2.57. The third-order valence-electron chi connectivity index (χ3n) is 2.83. The predicted molar refractivity (Wildman–Crippen MR) is 103 cm³/mol. The molecule has 0 unspecified atom stereocenters. The van der Waals surface area contributed by atoms with Crippen LogP contribution in [0.3, 0.4) is 0 Å². The molecule has 11 heteroatoms. The van der Waals surface area contributed by atoms with Crippen molar-refractivity contribution in [3.05, 3.63) is 63.4 Å². The highest BCUT2D eigenvalue weighted by Gasteiger charge is 2.25. The first kappa shape index (κ1) is 21.2. The van der Waals surface area contributed by atoms with Crippen LogP contribution in [-0.4, -0.2) is 11.9 Å². The van der Waals surface area contributed by atoms with Crippen molar-refractivity contribution in [1.82, 2.24) is 0 Å². The van der Waals surface area contributed by atoms with E-state index in [1.54, 1.807) is 0 Å². The van der Waals surface area contributed by atoms with Gasteiger partial charge in [0.15, 0.2) is 0 Å². The van der Waals surface area contributed by atoms with E-state index in [4.69, 9.17) is 97.5 Å². The van der Waals surface area contributed by atoms with E-state index >= 15 is 0 Å². The average molecular weight is 502 g/mol.